The van der Waals surface area contributed by atoms with Crippen LogP contribution in [0.25, 0.3) is 5.65 Å². The van der Waals surface area contributed by atoms with Crippen molar-refractivity contribution >= 4 is 40.8 Å². The number of aromatic nitrogens is 3. The number of carbonyl (C=O) groups is 2. The van der Waals surface area contributed by atoms with Gasteiger partial charge in [-0.1, -0.05) is 23.6 Å². The molecule has 0 unspecified atom stereocenters. The molecule has 50 heavy (non-hydrogen) atoms. The highest BCUT2D eigenvalue weighted by Gasteiger charge is 2.31. The first-order valence-electron chi connectivity index (χ1n) is 16.2. The lowest BCUT2D eigenvalue weighted by atomic mass is 10.0. The molecule has 0 saturated carbocycles. The van der Waals surface area contributed by atoms with Crippen LogP contribution in [0.15, 0.2) is 54.7 Å². The molecular weight excluding hydrogens is 673 g/mol. The maximum absolute atomic E-state index is 13.2. The predicted octanol–water partition coefficient (Wildman–Crippen LogP) is 7.26. The third-order valence-corrected chi connectivity index (χ3v) is 8.06. The molecule has 14 heteroatoms. The van der Waals surface area contributed by atoms with Gasteiger partial charge in [0.05, 0.1) is 17.9 Å². The van der Waals surface area contributed by atoms with Gasteiger partial charge in [-0.25, -0.2) is 14.3 Å². The third kappa shape index (κ3) is 9.67. The van der Waals surface area contributed by atoms with Crippen molar-refractivity contribution in [3.63, 3.8) is 0 Å². The van der Waals surface area contributed by atoms with E-state index in [1.807, 2.05) is 32.9 Å². The number of piperidine rings is 1. The first-order chi connectivity index (χ1) is 23.7. The summed E-state index contributed by atoms with van der Waals surface area (Å²) in [5, 5.41) is 9.91. The van der Waals surface area contributed by atoms with E-state index >= 15 is 0 Å². The molecule has 1 saturated heterocycles. The topological polar surface area (TPSA) is 110 Å². The average Bonchev–Trinajstić information content (AvgIpc) is 3.45. The van der Waals surface area contributed by atoms with Crippen LogP contribution >= 0.6 is 11.6 Å². The van der Waals surface area contributed by atoms with E-state index in [9.17, 15) is 22.8 Å². The Balaban J connectivity index is 1.19. The minimum atomic E-state index is -4.61. The highest BCUT2D eigenvalue weighted by Crippen LogP contribution is 2.33. The maximum atomic E-state index is 13.2. The minimum Gasteiger partial charge on any atom is -0.444 e. The van der Waals surface area contributed by atoms with Gasteiger partial charge >= 0.3 is 12.3 Å². The third-order valence-electron chi connectivity index (χ3n) is 7.84. The van der Waals surface area contributed by atoms with Crippen LogP contribution in [0, 0.1) is 18.8 Å². The van der Waals surface area contributed by atoms with E-state index in [4.69, 9.17) is 26.2 Å². The Morgan fingerprint density at radius 1 is 1.06 bits per heavy atom. The van der Waals surface area contributed by atoms with E-state index in [0.29, 0.717) is 42.0 Å². The highest BCUT2D eigenvalue weighted by molar-refractivity contribution is 6.31. The van der Waals surface area contributed by atoms with Crippen LogP contribution in [0.4, 0.5) is 29.5 Å². The SMILES string of the molecule is Cc1c(C#Cc2cnc3ccc(N4CCC(OCCCNC(=O)OC(C)(C)C)CC4)nn23)cccc1C(=O)Nc1cc(Cl)cc(C(F)(F)F)c1. The molecule has 0 spiro atoms. The first kappa shape index (κ1) is 36.5. The summed E-state index contributed by atoms with van der Waals surface area (Å²) in [5.41, 5.74) is 0.992. The number of imidazole rings is 1. The summed E-state index contributed by atoms with van der Waals surface area (Å²) in [7, 11) is 0. The summed E-state index contributed by atoms with van der Waals surface area (Å²) in [6, 6.07) is 11.7. The molecule has 2 aromatic carbocycles. The smallest absolute Gasteiger partial charge is 0.416 e. The molecule has 2 amide bonds. The number of alkyl carbamates (subject to hydrolysis) is 1. The zero-order valence-electron chi connectivity index (χ0n) is 28.2. The summed E-state index contributed by atoms with van der Waals surface area (Å²) in [6.07, 6.45) is -0.943. The van der Waals surface area contributed by atoms with Gasteiger partial charge in [0.2, 0.25) is 0 Å². The number of halogens is 4. The summed E-state index contributed by atoms with van der Waals surface area (Å²) in [4.78, 5) is 31.5. The molecule has 0 atom stereocenters. The van der Waals surface area contributed by atoms with Gasteiger partial charge < -0.3 is 25.0 Å². The van der Waals surface area contributed by atoms with Crippen molar-refractivity contribution in [2.24, 2.45) is 0 Å². The minimum absolute atomic E-state index is 0.0697. The largest absolute Gasteiger partial charge is 0.444 e. The lowest BCUT2D eigenvalue weighted by Gasteiger charge is -2.32. The molecule has 1 aliphatic heterocycles. The number of hydrogen-bond donors (Lipinski definition) is 2. The summed E-state index contributed by atoms with van der Waals surface area (Å²) >= 11 is 5.88. The summed E-state index contributed by atoms with van der Waals surface area (Å²) in [5.74, 6) is 6.38. The van der Waals surface area contributed by atoms with E-state index in [0.717, 1.165) is 43.9 Å². The molecule has 2 aromatic heterocycles. The number of benzene rings is 2. The van der Waals surface area contributed by atoms with E-state index in [1.54, 1.807) is 35.8 Å². The fourth-order valence-corrected chi connectivity index (χ4v) is 5.60. The molecular formula is C36H38ClF3N6O4. The Morgan fingerprint density at radius 2 is 1.82 bits per heavy atom. The number of hydrogen-bond acceptors (Lipinski definition) is 7. The second kappa shape index (κ2) is 15.4. The summed E-state index contributed by atoms with van der Waals surface area (Å²) < 4.78 is 52.7. The Labute approximate surface area is 293 Å². The fourth-order valence-electron chi connectivity index (χ4n) is 5.37. The number of anilines is 2. The number of nitrogens with one attached hydrogen (secondary N) is 2. The quantitative estimate of drug-likeness (QED) is 0.146. The molecule has 2 N–H and O–H groups in total. The van der Waals surface area contributed by atoms with Crippen molar-refractivity contribution in [3.05, 3.63) is 87.7 Å². The van der Waals surface area contributed by atoms with Crippen LogP contribution in [0.3, 0.4) is 0 Å². The average molecular weight is 711 g/mol. The van der Waals surface area contributed by atoms with Gasteiger partial charge in [0.1, 0.15) is 17.1 Å². The van der Waals surface area contributed by atoms with Gasteiger partial charge in [-0.3, -0.25) is 4.79 Å². The number of alkyl halides is 3. The van der Waals surface area contributed by atoms with Crippen molar-refractivity contribution in [1.29, 1.82) is 0 Å². The zero-order valence-corrected chi connectivity index (χ0v) is 28.9. The number of rotatable bonds is 8. The van der Waals surface area contributed by atoms with Crippen LogP contribution in [-0.4, -0.2) is 64.5 Å². The standard InChI is InChI=1S/C36H38ClF3N6O4/c1-23-24(7-5-8-30(23)33(47)43-27-20-25(36(38,39)40)19-26(37)21-27)9-10-28-22-42-31-11-12-32(44-46(28)31)45-16-13-29(14-17-45)49-18-6-15-41-34(48)50-35(2,3)4/h5,7-8,11-12,19-22,29H,6,13-18H2,1-4H3,(H,41,48)(H,43,47). The van der Waals surface area contributed by atoms with Gasteiger partial charge in [-0.05, 0) is 101 Å². The first-order valence-corrected chi connectivity index (χ1v) is 16.5. The molecule has 264 valence electrons. The van der Waals surface area contributed by atoms with Crippen molar-refractivity contribution in [2.75, 3.05) is 36.5 Å². The van der Waals surface area contributed by atoms with Crippen LogP contribution < -0.4 is 15.5 Å². The number of nitrogens with zero attached hydrogens (tertiary/aromatic N) is 4. The molecule has 3 heterocycles. The van der Waals surface area contributed by atoms with Gasteiger partial charge in [0, 0.05) is 48.1 Å². The fraction of sp³-hybridized carbons (Fsp3) is 0.389. The summed E-state index contributed by atoms with van der Waals surface area (Å²) in [6.45, 7) is 9.73. The molecule has 0 bridgehead atoms. The van der Waals surface area contributed by atoms with Gasteiger partial charge in [-0.15, -0.1) is 5.10 Å². The van der Waals surface area contributed by atoms with Crippen LogP contribution in [0.5, 0.6) is 0 Å². The number of ether oxygens (including phenoxy) is 2. The Bertz CT molecular complexity index is 1920. The van der Waals surface area contributed by atoms with E-state index in [2.05, 4.69) is 32.4 Å². The normalized spacial score (nSPS) is 13.9. The van der Waals surface area contributed by atoms with Gasteiger partial charge in [-0.2, -0.15) is 13.2 Å². The lowest BCUT2D eigenvalue weighted by Crippen LogP contribution is -2.38. The van der Waals surface area contributed by atoms with Crippen LogP contribution in [-0.2, 0) is 15.7 Å². The monoisotopic (exact) mass is 710 g/mol. The maximum Gasteiger partial charge on any atom is 0.416 e. The van der Waals surface area contributed by atoms with Crippen LogP contribution in [0.1, 0.15) is 72.8 Å². The van der Waals surface area contributed by atoms with E-state index in [-0.39, 0.29) is 22.4 Å². The second-order valence-corrected chi connectivity index (χ2v) is 13.3. The number of amides is 2. The Hall–Kier alpha value is -4.80. The molecule has 10 nitrogen and oxygen atoms in total. The number of fused-ring (bicyclic) bond motifs is 1. The van der Waals surface area contributed by atoms with Gasteiger partial charge in [0.25, 0.3) is 5.91 Å². The molecule has 4 aromatic rings. The van der Waals surface area contributed by atoms with Crippen molar-refractivity contribution in [1.82, 2.24) is 19.9 Å². The zero-order chi connectivity index (χ0) is 36.1. The second-order valence-electron chi connectivity index (χ2n) is 12.9. The van der Waals surface area contributed by atoms with Crippen molar-refractivity contribution < 1.29 is 32.2 Å². The molecule has 0 aliphatic carbocycles. The molecule has 1 fully saturated rings. The lowest BCUT2D eigenvalue weighted by molar-refractivity contribution is -0.137. The molecule has 5 rings (SSSR count). The Kier molecular flexibility index (Phi) is 11.2. The molecule has 0 radical (unpaired) electrons. The van der Waals surface area contributed by atoms with Gasteiger partial charge in [0.15, 0.2) is 5.65 Å². The highest BCUT2D eigenvalue weighted by atomic mass is 35.5. The van der Waals surface area contributed by atoms with E-state index in [1.165, 1.54) is 6.07 Å². The number of carbonyl (C=O) groups excluding carboxylic acids is 2. The Morgan fingerprint density at radius 3 is 2.54 bits per heavy atom. The van der Waals surface area contributed by atoms with E-state index < -0.39 is 29.3 Å². The van der Waals surface area contributed by atoms with Crippen molar-refractivity contribution in [3.8, 4) is 11.8 Å². The predicted molar refractivity (Wildman–Crippen MR) is 185 cm³/mol. The molecule has 1 aliphatic rings. The van der Waals surface area contributed by atoms with Crippen molar-refractivity contribution in [2.45, 2.75) is 64.8 Å². The van der Waals surface area contributed by atoms with Crippen LogP contribution in [0.2, 0.25) is 5.02 Å².